The van der Waals surface area contributed by atoms with E-state index in [0.29, 0.717) is 5.84 Å². The minimum atomic E-state index is 0.641. The maximum absolute atomic E-state index is 4.49. The Morgan fingerprint density at radius 3 is 2.30 bits per heavy atom. The molecule has 4 heteroatoms. The van der Waals surface area contributed by atoms with Crippen LogP contribution in [0.25, 0.3) is 5.70 Å². The van der Waals surface area contributed by atoms with E-state index in [1.807, 2.05) is 31.2 Å². The summed E-state index contributed by atoms with van der Waals surface area (Å²) in [6.07, 6.45) is 9.93. The fraction of sp³-hybridized carbons (Fsp3) is 0.125. The zero-order valence-corrected chi connectivity index (χ0v) is 11.4. The topological polar surface area (TPSA) is 50.5 Å². The van der Waals surface area contributed by atoms with Crippen molar-refractivity contribution in [3.63, 3.8) is 0 Å². The third kappa shape index (κ3) is 3.95. The Hall–Kier alpha value is -2.62. The summed E-state index contributed by atoms with van der Waals surface area (Å²) in [4.78, 5) is 16.4. The van der Waals surface area contributed by atoms with E-state index in [0.717, 1.165) is 17.7 Å². The lowest BCUT2D eigenvalue weighted by atomic mass is 10.1. The van der Waals surface area contributed by atoms with Gasteiger partial charge >= 0.3 is 0 Å². The van der Waals surface area contributed by atoms with Crippen LogP contribution in [0.4, 0.5) is 0 Å². The first-order valence-corrected chi connectivity index (χ1v) is 6.31. The van der Waals surface area contributed by atoms with Crippen molar-refractivity contribution in [2.75, 3.05) is 0 Å². The highest BCUT2D eigenvalue weighted by Gasteiger charge is 2.00. The summed E-state index contributed by atoms with van der Waals surface area (Å²) in [6.45, 7) is 5.32. The van der Waals surface area contributed by atoms with Crippen LogP contribution in [-0.4, -0.2) is 22.5 Å². The van der Waals surface area contributed by atoms with E-state index < -0.39 is 0 Å². The van der Waals surface area contributed by atoms with Crippen molar-refractivity contribution in [2.24, 2.45) is 9.98 Å². The molecule has 0 saturated heterocycles. The lowest BCUT2D eigenvalue weighted by molar-refractivity contribution is 1.20. The second kappa shape index (κ2) is 7.09. The van der Waals surface area contributed by atoms with Crippen molar-refractivity contribution >= 4 is 18.3 Å². The molecule has 0 unspecified atom stereocenters. The van der Waals surface area contributed by atoms with Crippen LogP contribution in [0.1, 0.15) is 18.1 Å². The lowest BCUT2D eigenvalue weighted by Crippen LogP contribution is -1.90. The summed E-state index contributed by atoms with van der Waals surface area (Å²) in [5.41, 5.74) is 3.07. The summed E-state index contributed by atoms with van der Waals surface area (Å²) in [6, 6.07) is 7.84. The number of hydrogen-bond acceptors (Lipinski definition) is 3. The Labute approximate surface area is 118 Å². The Morgan fingerprint density at radius 2 is 1.70 bits per heavy atom. The van der Waals surface area contributed by atoms with Gasteiger partial charge in [-0.15, -0.1) is 0 Å². The molecule has 0 atom stereocenters. The van der Waals surface area contributed by atoms with Gasteiger partial charge in [0.1, 0.15) is 5.84 Å². The van der Waals surface area contributed by atoms with Gasteiger partial charge in [0.05, 0.1) is 5.70 Å². The third-order valence-corrected chi connectivity index (χ3v) is 2.77. The fourth-order valence-corrected chi connectivity index (χ4v) is 1.69. The third-order valence-electron chi connectivity index (χ3n) is 2.77. The monoisotopic (exact) mass is 264 g/mol. The average molecular weight is 264 g/mol. The van der Waals surface area contributed by atoms with E-state index in [-0.39, 0.29) is 0 Å². The zero-order valence-electron chi connectivity index (χ0n) is 11.4. The lowest BCUT2D eigenvalue weighted by Gasteiger charge is -2.03. The number of amidine groups is 1. The average Bonchev–Trinajstić information content (AvgIpc) is 2.53. The number of aromatic nitrogens is 2. The molecule has 0 fully saturated rings. The van der Waals surface area contributed by atoms with Crippen LogP contribution < -0.4 is 0 Å². The van der Waals surface area contributed by atoms with E-state index in [2.05, 4.69) is 32.7 Å². The highest BCUT2D eigenvalue weighted by Crippen LogP contribution is 2.16. The normalized spacial score (nSPS) is 12.2. The Balaban J connectivity index is 2.29. The number of nitrogens with zero attached hydrogens (tertiary/aromatic N) is 4. The molecule has 0 bridgehead atoms. The van der Waals surface area contributed by atoms with Gasteiger partial charge in [-0.25, -0.2) is 9.98 Å². The van der Waals surface area contributed by atoms with Gasteiger partial charge in [0.15, 0.2) is 0 Å². The van der Waals surface area contributed by atoms with Crippen LogP contribution in [0.5, 0.6) is 0 Å². The van der Waals surface area contributed by atoms with Gasteiger partial charge in [-0.05, 0) is 49.9 Å². The summed E-state index contributed by atoms with van der Waals surface area (Å²) >= 11 is 0. The molecule has 0 aliphatic rings. The summed E-state index contributed by atoms with van der Waals surface area (Å²) < 4.78 is 0. The van der Waals surface area contributed by atoms with Crippen LogP contribution in [-0.2, 0) is 6.42 Å². The molecule has 0 spiro atoms. The first-order valence-electron chi connectivity index (χ1n) is 6.31. The van der Waals surface area contributed by atoms with Crippen molar-refractivity contribution in [1.29, 1.82) is 0 Å². The SMILES string of the molecule is C=NC(C)=N/C(=C\Cc1ccncc1)c1ccncc1. The minimum Gasteiger partial charge on any atom is -0.265 e. The molecule has 0 aliphatic carbocycles. The molecular formula is C16H16N4. The van der Waals surface area contributed by atoms with E-state index in [1.54, 1.807) is 24.8 Å². The smallest absolute Gasteiger partial charge is 0.125 e. The molecule has 2 heterocycles. The maximum atomic E-state index is 4.49. The summed E-state index contributed by atoms with van der Waals surface area (Å²) in [5.74, 6) is 0.641. The highest BCUT2D eigenvalue weighted by molar-refractivity contribution is 5.89. The Bertz CT molecular complexity index is 615. The molecule has 0 amide bonds. The molecule has 0 aliphatic heterocycles. The van der Waals surface area contributed by atoms with E-state index in [1.165, 1.54) is 5.56 Å². The van der Waals surface area contributed by atoms with Gasteiger partial charge in [-0.2, -0.15) is 0 Å². The predicted molar refractivity (Wildman–Crippen MR) is 82.8 cm³/mol. The number of rotatable bonds is 4. The molecule has 100 valence electrons. The van der Waals surface area contributed by atoms with Crippen molar-refractivity contribution in [2.45, 2.75) is 13.3 Å². The summed E-state index contributed by atoms with van der Waals surface area (Å²) in [7, 11) is 0. The molecule has 0 aromatic carbocycles. The first kappa shape index (κ1) is 13.8. The number of allylic oxidation sites excluding steroid dienone is 1. The molecule has 2 rings (SSSR count). The second-order valence-electron chi connectivity index (χ2n) is 4.20. The van der Waals surface area contributed by atoms with Crippen LogP contribution in [0.15, 0.2) is 65.1 Å². The number of pyridine rings is 2. The van der Waals surface area contributed by atoms with Crippen molar-refractivity contribution < 1.29 is 0 Å². The van der Waals surface area contributed by atoms with Crippen LogP contribution in [0, 0.1) is 0 Å². The highest BCUT2D eigenvalue weighted by atomic mass is 14.9. The Morgan fingerprint density at radius 1 is 1.10 bits per heavy atom. The van der Waals surface area contributed by atoms with E-state index in [9.17, 15) is 0 Å². The molecule has 0 radical (unpaired) electrons. The maximum Gasteiger partial charge on any atom is 0.125 e. The van der Waals surface area contributed by atoms with Gasteiger partial charge < -0.3 is 0 Å². The molecular weight excluding hydrogens is 248 g/mol. The van der Waals surface area contributed by atoms with Gasteiger partial charge in [-0.1, -0.05) is 6.08 Å². The predicted octanol–water partition coefficient (Wildman–Crippen LogP) is 3.18. The van der Waals surface area contributed by atoms with Gasteiger partial charge in [0, 0.05) is 30.4 Å². The standard InChI is InChI=1S/C16H16N4/c1-13(17-2)20-16(15-7-11-19-12-8-15)4-3-14-5-9-18-10-6-14/h4-12H,2-3H2,1H3/b16-4-,20-13?. The minimum absolute atomic E-state index is 0.641. The second-order valence-corrected chi connectivity index (χ2v) is 4.20. The molecule has 20 heavy (non-hydrogen) atoms. The van der Waals surface area contributed by atoms with Crippen LogP contribution >= 0.6 is 0 Å². The molecule has 4 nitrogen and oxygen atoms in total. The van der Waals surface area contributed by atoms with Gasteiger partial charge in [0.25, 0.3) is 0 Å². The first-order chi connectivity index (χ1) is 9.79. The van der Waals surface area contributed by atoms with Crippen molar-refractivity contribution in [3.8, 4) is 0 Å². The number of aliphatic imine (C=N–C) groups is 2. The summed E-state index contributed by atoms with van der Waals surface area (Å²) in [5, 5.41) is 0. The van der Waals surface area contributed by atoms with Crippen LogP contribution in [0.2, 0.25) is 0 Å². The zero-order chi connectivity index (χ0) is 14.2. The van der Waals surface area contributed by atoms with E-state index in [4.69, 9.17) is 0 Å². The van der Waals surface area contributed by atoms with Crippen molar-refractivity contribution in [3.05, 3.63) is 66.3 Å². The van der Waals surface area contributed by atoms with Gasteiger partial charge in [0.2, 0.25) is 0 Å². The fourth-order valence-electron chi connectivity index (χ4n) is 1.69. The molecule has 0 saturated carbocycles. The van der Waals surface area contributed by atoms with Gasteiger partial charge in [-0.3, -0.25) is 9.97 Å². The number of hydrogen-bond donors (Lipinski definition) is 0. The van der Waals surface area contributed by atoms with E-state index >= 15 is 0 Å². The van der Waals surface area contributed by atoms with Crippen molar-refractivity contribution in [1.82, 2.24) is 9.97 Å². The Kier molecular flexibility index (Phi) is 4.89. The molecule has 2 aromatic rings. The molecule has 2 aromatic heterocycles. The largest absolute Gasteiger partial charge is 0.265 e. The molecule has 0 N–H and O–H groups in total. The van der Waals surface area contributed by atoms with Crippen LogP contribution in [0.3, 0.4) is 0 Å². The quantitative estimate of drug-likeness (QED) is 0.629.